The molecule has 4 aromatic rings. The van der Waals surface area contributed by atoms with Crippen LogP contribution < -0.4 is 26.0 Å². The van der Waals surface area contributed by atoms with Gasteiger partial charge in [-0.2, -0.15) is 0 Å². The minimum absolute atomic E-state index is 0.154. The number of rotatable bonds is 7. The second kappa shape index (κ2) is 8.81. The van der Waals surface area contributed by atoms with E-state index in [1.54, 1.807) is 42.5 Å². The van der Waals surface area contributed by atoms with Gasteiger partial charge in [0.1, 0.15) is 6.54 Å². The molecule has 0 unspecified atom stereocenters. The van der Waals surface area contributed by atoms with Gasteiger partial charge < -0.3 is 14.8 Å². The van der Waals surface area contributed by atoms with E-state index in [9.17, 15) is 14.4 Å². The quantitative estimate of drug-likeness (QED) is 0.461. The maximum absolute atomic E-state index is 13.2. The first-order valence-corrected chi connectivity index (χ1v) is 10.5. The van der Waals surface area contributed by atoms with Gasteiger partial charge in [0.2, 0.25) is 11.7 Å². The van der Waals surface area contributed by atoms with E-state index in [1.807, 2.05) is 13.8 Å². The molecular formula is C23H25N5O5. The van der Waals surface area contributed by atoms with Crippen LogP contribution in [0.25, 0.3) is 16.7 Å². The number of fused-ring (bicyclic) bond motifs is 3. The number of ether oxygens (including phenoxy) is 2. The van der Waals surface area contributed by atoms with Gasteiger partial charge in [-0.1, -0.05) is 26.0 Å². The normalized spacial score (nSPS) is 11.3. The molecule has 1 amide bonds. The van der Waals surface area contributed by atoms with Crippen molar-refractivity contribution in [2.24, 2.45) is 5.92 Å². The standard InChI is InChI=1S/C23H25N5O5/c1-14(2)12-26-21(30)16-7-5-6-8-17(16)28-22(26)25-27(23(28)31)13-20(29)24-15-9-10-18(32-3)19(11-15)33-4/h5-11,14H,12-13H2,1-4H3,(H,24,29). The lowest BCUT2D eigenvalue weighted by Gasteiger charge is -2.11. The number of nitrogens with zero attached hydrogens (tertiary/aromatic N) is 4. The monoisotopic (exact) mass is 451 g/mol. The Balaban J connectivity index is 1.74. The lowest BCUT2D eigenvalue weighted by molar-refractivity contribution is -0.117. The third-order valence-corrected chi connectivity index (χ3v) is 5.19. The molecule has 2 aromatic heterocycles. The topological polar surface area (TPSA) is 109 Å². The Kier molecular flexibility index (Phi) is 5.91. The molecule has 0 aliphatic rings. The van der Waals surface area contributed by atoms with E-state index < -0.39 is 11.6 Å². The largest absolute Gasteiger partial charge is 0.493 e. The van der Waals surface area contributed by atoms with Crippen LogP contribution in [0.3, 0.4) is 0 Å². The van der Waals surface area contributed by atoms with Gasteiger partial charge in [-0.15, -0.1) is 5.10 Å². The summed E-state index contributed by atoms with van der Waals surface area (Å²) < 4.78 is 14.4. The van der Waals surface area contributed by atoms with Crippen molar-refractivity contribution in [1.82, 2.24) is 18.7 Å². The average Bonchev–Trinajstić information content (AvgIpc) is 3.12. The Labute approximate surface area is 189 Å². The maximum atomic E-state index is 13.2. The fourth-order valence-electron chi connectivity index (χ4n) is 3.75. The van der Waals surface area contributed by atoms with E-state index in [1.165, 1.54) is 23.2 Å². The SMILES string of the molecule is COc1ccc(NC(=O)Cn2nc3n(CC(C)C)c(=O)c4ccccc4n3c2=O)cc1OC. The molecule has 2 heterocycles. The molecule has 10 heteroatoms. The lowest BCUT2D eigenvalue weighted by Crippen LogP contribution is -2.29. The van der Waals surface area contributed by atoms with Gasteiger partial charge in [-0.05, 0) is 30.2 Å². The molecule has 0 saturated carbocycles. The molecule has 4 rings (SSSR count). The van der Waals surface area contributed by atoms with Crippen LogP contribution in [0, 0.1) is 5.92 Å². The number of benzene rings is 2. The molecule has 0 radical (unpaired) electrons. The van der Waals surface area contributed by atoms with Crippen LogP contribution in [0.5, 0.6) is 11.5 Å². The summed E-state index contributed by atoms with van der Waals surface area (Å²) in [7, 11) is 3.02. The van der Waals surface area contributed by atoms with Crippen molar-refractivity contribution in [2.75, 3.05) is 19.5 Å². The van der Waals surface area contributed by atoms with Crippen molar-refractivity contribution in [1.29, 1.82) is 0 Å². The summed E-state index contributed by atoms with van der Waals surface area (Å²) >= 11 is 0. The number of amides is 1. The summed E-state index contributed by atoms with van der Waals surface area (Å²) in [4.78, 5) is 39.0. The molecule has 0 aliphatic heterocycles. The van der Waals surface area contributed by atoms with Gasteiger partial charge in [0.25, 0.3) is 5.56 Å². The molecule has 0 atom stereocenters. The third kappa shape index (κ3) is 4.07. The van der Waals surface area contributed by atoms with E-state index >= 15 is 0 Å². The second-order valence-corrected chi connectivity index (χ2v) is 8.02. The molecular weight excluding hydrogens is 426 g/mol. The van der Waals surface area contributed by atoms with Crippen molar-refractivity contribution in [2.45, 2.75) is 26.9 Å². The summed E-state index contributed by atoms with van der Waals surface area (Å²) in [6.45, 7) is 4.02. The van der Waals surface area contributed by atoms with Gasteiger partial charge in [-0.3, -0.25) is 14.2 Å². The van der Waals surface area contributed by atoms with Crippen molar-refractivity contribution in [3.63, 3.8) is 0 Å². The van der Waals surface area contributed by atoms with Crippen LogP contribution >= 0.6 is 0 Å². The first kappa shape index (κ1) is 22.1. The zero-order chi connectivity index (χ0) is 23.7. The summed E-state index contributed by atoms with van der Waals surface area (Å²) in [6, 6.07) is 11.8. The summed E-state index contributed by atoms with van der Waals surface area (Å²) in [6.07, 6.45) is 0. The van der Waals surface area contributed by atoms with E-state index in [4.69, 9.17) is 9.47 Å². The van der Waals surface area contributed by atoms with Crippen molar-refractivity contribution < 1.29 is 14.3 Å². The van der Waals surface area contributed by atoms with Crippen molar-refractivity contribution in [3.8, 4) is 11.5 Å². The van der Waals surface area contributed by atoms with E-state index in [2.05, 4.69) is 10.4 Å². The maximum Gasteiger partial charge on any atom is 0.352 e. The zero-order valence-electron chi connectivity index (χ0n) is 18.9. The number of anilines is 1. The van der Waals surface area contributed by atoms with E-state index in [0.717, 1.165) is 4.68 Å². The van der Waals surface area contributed by atoms with E-state index in [-0.39, 0.29) is 23.8 Å². The minimum atomic E-state index is -0.499. The molecule has 0 fully saturated rings. The predicted molar refractivity (Wildman–Crippen MR) is 124 cm³/mol. The minimum Gasteiger partial charge on any atom is -0.493 e. The fraction of sp³-hybridized carbons (Fsp3) is 0.304. The smallest absolute Gasteiger partial charge is 0.352 e. The number of aromatic nitrogens is 4. The molecule has 0 aliphatic carbocycles. The Hall–Kier alpha value is -4.08. The molecule has 1 N–H and O–H groups in total. The average molecular weight is 451 g/mol. The highest BCUT2D eigenvalue weighted by molar-refractivity contribution is 5.91. The molecule has 2 aromatic carbocycles. The highest BCUT2D eigenvalue weighted by atomic mass is 16.5. The molecule has 0 bridgehead atoms. The highest BCUT2D eigenvalue weighted by Gasteiger charge is 2.19. The highest BCUT2D eigenvalue weighted by Crippen LogP contribution is 2.29. The van der Waals surface area contributed by atoms with Crippen LogP contribution in [0.4, 0.5) is 5.69 Å². The number of para-hydroxylation sites is 1. The van der Waals surface area contributed by atoms with E-state index in [0.29, 0.717) is 34.6 Å². The van der Waals surface area contributed by atoms with Crippen molar-refractivity contribution in [3.05, 3.63) is 63.3 Å². The summed E-state index contributed by atoms with van der Waals surface area (Å²) in [5, 5.41) is 7.49. The first-order chi connectivity index (χ1) is 15.8. The first-order valence-electron chi connectivity index (χ1n) is 10.5. The number of hydrogen-bond donors (Lipinski definition) is 1. The van der Waals surface area contributed by atoms with Crippen LogP contribution in [-0.4, -0.2) is 38.9 Å². The Morgan fingerprint density at radius 3 is 2.48 bits per heavy atom. The van der Waals surface area contributed by atoms with Crippen LogP contribution in [0.15, 0.2) is 52.1 Å². The molecule has 0 saturated heterocycles. The third-order valence-electron chi connectivity index (χ3n) is 5.19. The van der Waals surface area contributed by atoms with Gasteiger partial charge >= 0.3 is 5.69 Å². The Morgan fingerprint density at radius 1 is 1.06 bits per heavy atom. The molecule has 0 spiro atoms. The lowest BCUT2D eigenvalue weighted by atomic mass is 10.2. The molecule has 172 valence electrons. The summed E-state index contributed by atoms with van der Waals surface area (Å²) in [5.41, 5.74) is 0.214. The van der Waals surface area contributed by atoms with Gasteiger partial charge in [0.05, 0.1) is 25.1 Å². The van der Waals surface area contributed by atoms with Gasteiger partial charge in [-0.25, -0.2) is 13.9 Å². The number of carbonyl (C=O) groups excluding carboxylic acids is 1. The Morgan fingerprint density at radius 2 is 1.79 bits per heavy atom. The van der Waals surface area contributed by atoms with Gasteiger partial charge in [0.15, 0.2) is 11.5 Å². The molecule has 33 heavy (non-hydrogen) atoms. The molecule has 10 nitrogen and oxygen atoms in total. The second-order valence-electron chi connectivity index (χ2n) is 8.02. The fourth-order valence-corrected chi connectivity index (χ4v) is 3.75. The number of hydrogen-bond acceptors (Lipinski definition) is 6. The number of carbonyl (C=O) groups is 1. The van der Waals surface area contributed by atoms with Crippen molar-refractivity contribution >= 4 is 28.3 Å². The summed E-state index contributed by atoms with van der Waals surface area (Å²) in [5.74, 6) is 0.902. The van der Waals surface area contributed by atoms with Crippen LogP contribution in [0.1, 0.15) is 13.8 Å². The van der Waals surface area contributed by atoms with Crippen LogP contribution in [0.2, 0.25) is 0 Å². The number of nitrogens with one attached hydrogen (secondary N) is 1. The number of methoxy groups -OCH3 is 2. The van der Waals surface area contributed by atoms with Crippen LogP contribution in [-0.2, 0) is 17.9 Å². The van der Waals surface area contributed by atoms with Gasteiger partial charge in [0, 0.05) is 18.3 Å². The predicted octanol–water partition coefficient (Wildman–Crippen LogP) is 2.12. The Bertz CT molecular complexity index is 1460. The zero-order valence-corrected chi connectivity index (χ0v) is 18.9.